The fraction of sp³-hybridized carbons (Fsp3) is 0.370. The summed E-state index contributed by atoms with van der Waals surface area (Å²) in [6.45, 7) is 7.19. The van der Waals surface area contributed by atoms with Crippen molar-refractivity contribution < 1.29 is 10.6 Å². The van der Waals surface area contributed by atoms with Gasteiger partial charge in [-0.05, 0) is 87.6 Å². The second-order valence-electron chi connectivity index (χ2n) is 9.30. The molecule has 5 nitrogen and oxygen atoms in total. The molecule has 0 saturated heterocycles. The van der Waals surface area contributed by atoms with Crippen LogP contribution < -0.4 is 10.2 Å². The van der Waals surface area contributed by atoms with E-state index in [0.717, 1.165) is 54.4 Å². The van der Waals surface area contributed by atoms with Gasteiger partial charge in [-0.1, -0.05) is 12.5 Å². The van der Waals surface area contributed by atoms with Crippen LogP contribution in [0.1, 0.15) is 75.2 Å². The van der Waals surface area contributed by atoms with Crippen molar-refractivity contribution in [1.29, 1.82) is 0 Å². The number of halogens is 1. The van der Waals surface area contributed by atoms with E-state index < -0.39 is 0 Å². The Kier molecular flexibility index (Phi) is 5.60. The van der Waals surface area contributed by atoms with Gasteiger partial charge in [0, 0.05) is 25.2 Å². The van der Waals surface area contributed by atoms with Crippen LogP contribution >= 0.6 is 0 Å². The number of allylic oxidation sites excluding steroid dienone is 3. The van der Waals surface area contributed by atoms with Crippen molar-refractivity contribution in [2.75, 3.05) is 11.4 Å². The number of aliphatic imine (C=N–C) groups is 1. The minimum absolute atomic E-state index is 0. The summed E-state index contributed by atoms with van der Waals surface area (Å²) in [6, 6.07) is 9.56. The number of rotatable bonds is 5. The molecule has 1 aromatic heterocycles. The molecule has 0 radical (unpaired) electrons. The molecule has 3 heterocycles. The number of carbonyl (C=O) groups is 1. The summed E-state index contributed by atoms with van der Waals surface area (Å²) in [7, 11) is 0. The van der Waals surface area contributed by atoms with Crippen molar-refractivity contribution in [3.05, 3.63) is 82.7 Å². The smallest absolute Gasteiger partial charge is 0.251 e. The van der Waals surface area contributed by atoms with Gasteiger partial charge < -0.3 is 10.2 Å². The standard InChI is InChI=1S/C27H29FN4O.H2/c1-4-22(31-27(33)18-6-8-20(28)9-7-18)23-10-11-24-26(30-23)21-14-19(21)15-32(24)25-12-5-16(2)13-17(3)29-25;/h6-13,19,21-22H,4-5,14-15H2,1-3H3,(H,31,33);1H. The molecule has 172 valence electrons. The molecule has 33 heavy (non-hydrogen) atoms. The molecule has 6 heteroatoms. The highest BCUT2D eigenvalue weighted by Gasteiger charge is 2.47. The van der Waals surface area contributed by atoms with E-state index in [-0.39, 0.29) is 19.2 Å². The topological polar surface area (TPSA) is 57.6 Å². The van der Waals surface area contributed by atoms with E-state index in [0.29, 0.717) is 17.4 Å². The van der Waals surface area contributed by atoms with Crippen LogP contribution in [0.5, 0.6) is 0 Å². The van der Waals surface area contributed by atoms with Gasteiger partial charge in [-0.25, -0.2) is 9.38 Å². The SMILES string of the molecule is CCC(NC(=O)c1ccc(F)cc1)c1ccc2c(n1)C1CC1CN2C1=CCC(C)=CC(C)=N1.[HH]. The fourth-order valence-electron chi connectivity index (χ4n) is 4.84. The molecule has 0 spiro atoms. The van der Waals surface area contributed by atoms with E-state index in [4.69, 9.17) is 9.98 Å². The van der Waals surface area contributed by atoms with Crippen molar-refractivity contribution in [2.24, 2.45) is 10.9 Å². The quantitative estimate of drug-likeness (QED) is 0.620. The molecule has 1 aliphatic carbocycles. The predicted molar refractivity (Wildman–Crippen MR) is 131 cm³/mol. The molecular formula is C27H31FN4O. The number of fused-ring (bicyclic) bond motifs is 3. The summed E-state index contributed by atoms with van der Waals surface area (Å²) in [5.41, 5.74) is 5.88. The van der Waals surface area contributed by atoms with E-state index in [1.807, 2.05) is 19.9 Å². The number of anilines is 1. The van der Waals surface area contributed by atoms with Crippen LogP contribution in [0.25, 0.3) is 0 Å². The van der Waals surface area contributed by atoms with Gasteiger partial charge in [0.05, 0.1) is 23.1 Å². The largest absolute Gasteiger partial charge is 0.344 e. The van der Waals surface area contributed by atoms with Crippen LogP contribution in [-0.2, 0) is 0 Å². The van der Waals surface area contributed by atoms with Crippen LogP contribution in [0.4, 0.5) is 10.1 Å². The second kappa shape index (κ2) is 8.58. The Hall–Kier alpha value is -3.28. The number of hydrogen-bond donors (Lipinski definition) is 1. The van der Waals surface area contributed by atoms with E-state index >= 15 is 0 Å². The Balaban J connectivity index is 0.00000274. The molecule has 3 atom stereocenters. The molecule has 3 unspecified atom stereocenters. The highest BCUT2D eigenvalue weighted by Crippen LogP contribution is 2.55. The lowest BCUT2D eigenvalue weighted by Crippen LogP contribution is -2.31. The summed E-state index contributed by atoms with van der Waals surface area (Å²) in [5.74, 6) is 1.51. The Morgan fingerprint density at radius 2 is 2.03 bits per heavy atom. The number of benzene rings is 1. The third-order valence-electron chi connectivity index (χ3n) is 6.71. The first kappa shape index (κ1) is 21.6. The Labute approximate surface area is 195 Å². The third kappa shape index (κ3) is 4.34. The van der Waals surface area contributed by atoms with E-state index in [1.54, 1.807) is 0 Å². The Bertz CT molecular complexity index is 1190. The molecule has 1 aromatic carbocycles. The van der Waals surface area contributed by atoms with E-state index in [2.05, 4.69) is 35.4 Å². The summed E-state index contributed by atoms with van der Waals surface area (Å²) in [5, 5.41) is 3.07. The number of amides is 1. The maximum Gasteiger partial charge on any atom is 0.251 e. The lowest BCUT2D eigenvalue weighted by Gasteiger charge is -2.31. The molecule has 1 N–H and O–H groups in total. The van der Waals surface area contributed by atoms with Gasteiger partial charge in [-0.2, -0.15) is 0 Å². The zero-order chi connectivity index (χ0) is 23.1. The first-order valence-corrected chi connectivity index (χ1v) is 11.7. The number of nitrogens with zero attached hydrogens (tertiary/aromatic N) is 3. The van der Waals surface area contributed by atoms with Crippen LogP contribution in [0.3, 0.4) is 0 Å². The van der Waals surface area contributed by atoms with Crippen molar-refractivity contribution >= 4 is 17.3 Å². The Morgan fingerprint density at radius 3 is 2.79 bits per heavy atom. The number of carbonyl (C=O) groups excluding carboxylic acids is 1. The van der Waals surface area contributed by atoms with Gasteiger partial charge in [0.25, 0.3) is 5.91 Å². The van der Waals surface area contributed by atoms with E-state index in [9.17, 15) is 9.18 Å². The minimum Gasteiger partial charge on any atom is -0.344 e. The third-order valence-corrected chi connectivity index (χ3v) is 6.71. The number of pyridine rings is 1. The first-order chi connectivity index (χ1) is 15.9. The van der Waals surface area contributed by atoms with Crippen LogP contribution in [0.2, 0.25) is 0 Å². The predicted octanol–water partition coefficient (Wildman–Crippen LogP) is 5.92. The molecule has 0 bridgehead atoms. The number of nitrogens with one attached hydrogen (secondary N) is 1. The molecule has 1 saturated carbocycles. The van der Waals surface area contributed by atoms with Gasteiger partial charge in [-0.3, -0.25) is 9.78 Å². The molecule has 2 aromatic rings. The van der Waals surface area contributed by atoms with Crippen molar-refractivity contribution in [1.82, 2.24) is 10.3 Å². The van der Waals surface area contributed by atoms with Crippen LogP contribution in [0.15, 0.2) is 64.9 Å². The molecule has 5 rings (SSSR count). The summed E-state index contributed by atoms with van der Waals surface area (Å²) < 4.78 is 13.2. The zero-order valence-corrected chi connectivity index (χ0v) is 19.3. The maximum absolute atomic E-state index is 13.2. The summed E-state index contributed by atoms with van der Waals surface area (Å²) in [6.07, 6.45) is 7.11. The maximum atomic E-state index is 13.2. The molecule has 2 aliphatic heterocycles. The normalized spacial score (nSPS) is 22.2. The lowest BCUT2D eigenvalue weighted by molar-refractivity contribution is 0.0934. The first-order valence-electron chi connectivity index (χ1n) is 11.7. The van der Waals surface area contributed by atoms with Gasteiger partial charge in [0.15, 0.2) is 0 Å². The molecule has 3 aliphatic rings. The van der Waals surface area contributed by atoms with Crippen molar-refractivity contribution in [2.45, 2.75) is 52.0 Å². The fourth-order valence-corrected chi connectivity index (χ4v) is 4.84. The lowest BCUT2D eigenvalue weighted by atomic mass is 10.0. The van der Waals surface area contributed by atoms with Gasteiger partial charge in [-0.15, -0.1) is 0 Å². The average molecular weight is 447 g/mol. The van der Waals surface area contributed by atoms with Crippen molar-refractivity contribution in [3.8, 4) is 0 Å². The number of hydrogen-bond acceptors (Lipinski definition) is 4. The highest BCUT2D eigenvalue weighted by atomic mass is 19.1. The minimum atomic E-state index is -0.354. The number of aromatic nitrogens is 1. The van der Waals surface area contributed by atoms with Crippen LogP contribution in [0, 0.1) is 11.7 Å². The van der Waals surface area contributed by atoms with E-state index in [1.165, 1.54) is 29.8 Å². The molecule has 1 fully saturated rings. The van der Waals surface area contributed by atoms with Crippen molar-refractivity contribution in [3.63, 3.8) is 0 Å². The van der Waals surface area contributed by atoms with Gasteiger partial charge in [0.1, 0.15) is 11.6 Å². The average Bonchev–Trinajstić information content (AvgIpc) is 3.61. The Morgan fingerprint density at radius 1 is 1.24 bits per heavy atom. The summed E-state index contributed by atoms with van der Waals surface area (Å²) in [4.78, 5) is 25.0. The molecular weight excluding hydrogens is 415 g/mol. The van der Waals surface area contributed by atoms with Crippen LogP contribution in [-0.4, -0.2) is 23.1 Å². The summed E-state index contributed by atoms with van der Waals surface area (Å²) >= 11 is 0. The van der Waals surface area contributed by atoms with Gasteiger partial charge >= 0.3 is 0 Å². The second-order valence-corrected chi connectivity index (χ2v) is 9.30. The van der Waals surface area contributed by atoms with Gasteiger partial charge in [0.2, 0.25) is 0 Å². The highest BCUT2D eigenvalue weighted by molar-refractivity contribution is 5.95. The zero-order valence-electron chi connectivity index (χ0n) is 19.3. The molecule has 1 amide bonds. The monoisotopic (exact) mass is 446 g/mol.